The van der Waals surface area contributed by atoms with Gasteiger partial charge < -0.3 is 10.4 Å². The van der Waals surface area contributed by atoms with E-state index >= 15 is 0 Å². The lowest BCUT2D eigenvalue weighted by Gasteiger charge is -2.30. The normalized spacial score (nSPS) is 26.0. The molecule has 3 rings (SSSR count). The summed E-state index contributed by atoms with van der Waals surface area (Å²) < 4.78 is 0. The third kappa shape index (κ3) is 4.11. The first-order chi connectivity index (χ1) is 11.3. The molecule has 0 radical (unpaired) electrons. The van der Waals surface area contributed by atoms with Crippen molar-refractivity contribution in [2.75, 3.05) is 6.61 Å². The molecule has 2 aliphatic rings. The molecule has 2 atom stereocenters. The van der Waals surface area contributed by atoms with Gasteiger partial charge in [-0.1, -0.05) is 38.2 Å². The predicted octanol–water partition coefficient (Wildman–Crippen LogP) is 3.41. The van der Waals surface area contributed by atoms with Gasteiger partial charge >= 0.3 is 0 Å². The standard InChI is InChI=1S/C19H28N2O2/c22-13-15-9-4-5-10-17(15)21-19(23)18-12-6-11-16(20-18)14-7-2-1-3-8-14/h6,11-12,14-15,17,22H,1-5,7-10,13H2,(H,21,23). The van der Waals surface area contributed by atoms with E-state index in [-0.39, 0.29) is 24.5 Å². The van der Waals surface area contributed by atoms with Crippen molar-refractivity contribution >= 4 is 5.91 Å². The van der Waals surface area contributed by atoms with Gasteiger partial charge in [0.25, 0.3) is 5.91 Å². The fourth-order valence-electron chi connectivity index (χ4n) is 4.06. The van der Waals surface area contributed by atoms with Crippen molar-refractivity contribution < 1.29 is 9.90 Å². The van der Waals surface area contributed by atoms with Crippen LogP contribution in [0.5, 0.6) is 0 Å². The number of hydrogen-bond acceptors (Lipinski definition) is 3. The van der Waals surface area contributed by atoms with Crippen LogP contribution in [0.4, 0.5) is 0 Å². The van der Waals surface area contributed by atoms with Crippen molar-refractivity contribution in [3.8, 4) is 0 Å². The molecular formula is C19H28N2O2. The number of amides is 1. The van der Waals surface area contributed by atoms with Crippen molar-refractivity contribution in [2.45, 2.75) is 69.7 Å². The van der Waals surface area contributed by atoms with Gasteiger partial charge in [-0.15, -0.1) is 0 Å². The Bertz CT molecular complexity index is 526. The molecule has 1 amide bonds. The Balaban J connectivity index is 1.67. The van der Waals surface area contributed by atoms with Crippen LogP contribution in [-0.4, -0.2) is 28.6 Å². The molecule has 2 saturated carbocycles. The van der Waals surface area contributed by atoms with Gasteiger partial charge in [0, 0.05) is 30.2 Å². The van der Waals surface area contributed by atoms with Gasteiger partial charge in [0.2, 0.25) is 0 Å². The quantitative estimate of drug-likeness (QED) is 0.895. The fraction of sp³-hybridized carbons (Fsp3) is 0.684. The van der Waals surface area contributed by atoms with E-state index in [4.69, 9.17) is 0 Å². The second kappa shape index (κ2) is 7.91. The molecule has 0 saturated heterocycles. The first-order valence-corrected chi connectivity index (χ1v) is 9.16. The monoisotopic (exact) mass is 316 g/mol. The van der Waals surface area contributed by atoms with E-state index in [9.17, 15) is 9.90 Å². The second-order valence-electron chi connectivity index (χ2n) is 7.09. The van der Waals surface area contributed by atoms with Crippen LogP contribution in [0.2, 0.25) is 0 Å². The third-order valence-electron chi connectivity index (χ3n) is 5.49. The third-order valence-corrected chi connectivity index (χ3v) is 5.49. The molecule has 0 aliphatic heterocycles. The van der Waals surface area contributed by atoms with Crippen molar-refractivity contribution in [1.29, 1.82) is 0 Å². The minimum atomic E-state index is -0.0898. The first kappa shape index (κ1) is 16.4. The number of aliphatic hydroxyl groups is 1. The number of carbonyl (C=O) groups is 1. The second-order valence-corrected chi connectivity index (χ2v) is 7.09. The highest BCUT2D eigenvalue weighted by molar-refractivity contribution is 5.92. The summed E-state index contributed by atoms with van der Waals surface area (Å²) >= 11 is 0. The molecule has 2 aliphatic carbocycles. The first-order valence-electron chi connectivity index (χ1n) is 9.16. The lowest BCUT2D eigenvalue weighted by molar-refractivity contribution is 0.0867. The zero-order valence-corrected chi connectivity index (χ0v) is 13.8. The predicted molar refractivity (Wildman–Crippen MR) is 90.4 cm³/mol. The van der Waals surface area contributed by atoms with Gasteiger partial charge in [-0.05, 0) is 37.8 Å². The lowest BCUT2D eigenvalue weighted by atomic mass is 9.85. The molecule has 4 heteroatoms. The average molecular weight is 316 g/mol. The van der Waals surface area contributed by atoms with Crippen LogP contribution < -0.4 is 5.32 Å². The summed E-state index contributed by atoms with van der Waals surface area (Å²) in [6.07, 6.45) is 10.5. The number of hydrogen-bond donors (Lipinski definition) is 2. The smallest absolute Gasteiger partial charge is 0.270 e. The van der Waals surface area contributed by atoms with Gasteiger partial charge in [0.1, 0.15) is 5.69 Å². The van der Waals surface area contributed by atoms with Crippen LogP contribution in [0.3, 0.4) is 0 Å². The van der Waals surface area contributed by atoms with E-state index in [1.54, 1.807) is 6.07 Å². The zero-order chi connectivity index (χ0) is 16.1. The minimum Gasteiger partial charge on any atom is -0.396 e. The Kier molecular flexibility index (Phi) is 5.65. The van der Waals surface area contributed by atoms with Crippen molar-refractivity contribution in [1.82, 2.24) is 10.3 Å². The molecule has 126 valence electrons. The van der Waals surface area contributed by atoms with Gasteiger partial charge in [0.15, 0.2) is 0 Å². The maximum absolute atomic E-state index is 12.6. The van der Waals surface area contributed by atoms with Gasteiger partial charge in [0.05, 0.1) is 0 Å². The molecule has 1 heterocycles. The molecule has 1 aromatic rings. The molecule has 2 N–H and O–H groups in total. The van der Waals surface area contributed by atoms with Crippen LogP contribution in [0, 0.1) is 5.92 Å². The van der Waals surface area contributed by atoms with Crippen LogP contribution >= 0.6 is 0 Å². The average Bonchev–Trinajstić information content (AvgIpc) is 2.63. The lowest BCUT2D eigenvalue weighted by Crippen LogP contribution is -2.43. The van der Waals surface area contributed by atoms with Crippen molar-refractivity contribution in [3.05, 3.63) is 29.6 Å². The summed E-state index contributed by atoms with van der Waals surface area (Å²) in [6.45, 7) is 0.153. The summed E-state index contributed by atoms with van der Waals surface area (Å²) in [5.74, 6) is 0.610. The van der Waals surface area contributed by atoms with Crippen LogP contribution in [-0.2, 0) is 0 Å². The maximum Gasteiger partial charge on any atom is 0.270 e. The molecule has 0 spiro atoms. The van der Waals surface area contributed by atoms with E-state index < -0.39 is 0 Å². The van der Waals surface area contributed by atoms with E-state index in [2.05, 4.69) is 16.4 Å². The molecule has 4 nitrogen and oxygen atoms in total. The molecule has 0 bridgehead atoms. The van der Waals surface area contributed by atoms with Crippen LogP contribution in [0.15, 0.2) is 18.2 Å². The highest BCUT2D eigenvalue weighted by Crippen LogP contribution is 2.31. The van der Waals surface area contributed by atoms with E-state index in [0.717, 1.165) is 31.4 Å². The Morgan fingerprint density at radius 1 is 1.09 bits per heavy atom. The largest absolute Gasteiger partial charge is 0.396 e. The zero-order valence-electron chi connectivity index (χ0n) is 13.8. The van der Waals surface area contributed by atoms with Gasteiger partial charge in [-0.25, -0.2) is 4.98 Å². The SMILES string of the molecule is O=C(NC1CCCCC1CO)c1cccc(C2CCCCC2)n1. The van der Waals surface area contributed by atoms with E-state index in [0.29, 0.717) is 11.6 Å². The Morgan fingerprint density at radius 3 is 2.61 bits per heavy atom. The number of rotatable bonds is 4. The van der Waals surface area contributed by atoms with E-state index in [1.165, 1.54) is 32.1 Å². The molecule has 23 heavy (non-hydrogen) atoms. The molecule has 1 aromatic heterocycles. The molecule has 2 fully saturated rings. The highest BCUT2D eigenvalue weighted by Gasteiger charge is 2.26. The summed E-state index contributed by atoms with van der Waals surface area (Å²) in [6, 6.07) is 5.90. The summed E-state index contributed by atoms with van der Waals surface area (Å²) in [5.41, 5.74) is 1.59. The van der Waals surface area contributed by atoms with Crippen molar-refractivity contribution in [2.24, 2.45) is 5.92 Å². The van der Waals surface area contributed by atoms with Gasteiger partial charge in [-0.2, -0.15) is 0 Å². The number of carbonyl (C=O) groups excluding carboxylic acids is 1. The number of nitrogens with zero attached hydrogens (tertiary/aromatic N) is 1. The number of pyridine rings is 1. The minimum absolute atomic E-state index is 0.0846. The van der Waals surface area contributed by atoms with E-state index in [1.807, 2.05) is 6.07 Å². The Morgan fingerprint density at radius 2 is 1.83 bits per heavy atom. The highest BCUT2D eigenvalue weighted by atomic mass is 16.3. The van der Waals surface area contributed by atoms with Crippen molar-refractivity contribution in [3.63, 3.8) is 0 Å². The maximum atomic E-state index is 12.6. The van der Waals surface area contributed by atoms with Crippen LogP contribution in [0.25, 0.3) is 0 Å². The van der Waals surface area contributed by atoms with Gasteiger partial charge in [-0.3, -0.25) is 4.79 Å². The molecule has 0 aromatic carbocycles. The molecular weight excluding hydrogens is 288 g/mol. The topological polar surface area (TPSA) is 62.2 Å². The summed E-state index contributed by atoms with van der Waals surface area (Å²) in [5, 5.41) is 12.6. The number of nitrogens with one attached hydrogen (secondary N) is 1. The number of aromatic nitrogens is 1. The van der Waals surface area contributed by atoms with Crippen LogP contribution in [0.1, 0.15) is 79.9 Å². The summed E-state index contributed by atoms with van der Waals surface area (Å²) in [4.78, 5) is 17.2. The molecule has 2 unspecified atom stereocenters. The summed E-state index contributed by atoms with van der Waals surface area (Å²) in [7, 11) is 0. The number of aliphatic hydroxyl groups excluding tert-OH is 1. The Labute approximate surface area is 138 Å². The Hall–Kier alpha value is -1.42. The fourth-order valence-corrected chi connectivity index (χ4v) is 4.06.